The molecule has 1 aliphatic heterocycles. The second-order valence-electron chi connectivity index (χ2n) is 5.01. The van der Waals surface area contributed by atoms with Crippen molar-refractivity contribution in [3.05, 3.63) is 0 Å². The van der Waals surface area contributed by atoms with Gasteiger partial charge in [0.25, 0.3) is 0 Å². The van der Waals surface area contributed by atoms with Crippen LogP contribution in [0.15, 0.2) is 0 Å². The number of ketones is 3. The Balaban J connectivity index is 3.76. The number of rotatable bonds is 3. The monoisotopic (exact) mass is 352 g/mol. The number of ether oxygens (including phenoxy) is 1. The lowest BCUT2D eigenvalue weighted by atomic mass is 9.62. The number of hydrogen-bond acceptors (Lipinski definition) is 7. The zero-order valence-electron chi connectivity index (χ0n) is 11.5. The quantitative estimate of drug-likeness (QED) is 0.562. The minimum atomic E-state index is -3.02. The van der Waals surface area contributed by atoms with Crippen molar-refractivity contribution in [2.45, 2.75) is 55.6 Å². The molecule has 1 fully saturated rings. The third-order valence-corrected chi connectivity index (χ3v) is 4.80. The van der Waals surface area contributed by atoms with Crippen molar-refractivity contribution in [1.29, 1.82) is 0 Å². The molecule has 8 heteroatoms. The van der Waals surface area contributed by atoms with Gasteiger partial charge in [-0.3, -0.25) is 14.4 Å². The van der Waals surface area contributed by atoms with E-state index in [0.29, 0.717) is 0 Å². The van der Waals surface area contributed by atoms with Crippen LogP contribution in [0.5, 0.6) is 0 Å². The van der Waals surface area contributed by atoms with Gasteiger partial charge in [0.1, 0.15) is 0 Å². The summed E-state index contributed by atoms with van der Waals surface area (Å²) >= 11 is 2.87. The van der Waals surface area contributed by atoms with E-state index in [0.717, 1.165) is 20.8 Å². The second kappa shape index (κ2) is 4.96. The van der Waals surface area contributed by atoms with Gasteiger partial charge in [-0.25, -0.2) is 0 Å². The Hall–Kier alpha value is -0.670. The lowest BCUT2D eigenvalue weighted by Crippen LogP contribution is -2.84. The van der Waals surface area contributed by atoms with Gasteiger partial charge in [0.05, 0.1) is 6.10 Å². The number of alkyl halides is 1. The van der Waals surface area contributed by atoms with Crippen LogP contribution in [0.25, 0.3) is 0 Å². The van der Waals surface area contributed by atoms with Crippen LogP contribution >= 0.6 is 15.9 Å². The van der Waals surface area contributed by atoms with Gasteiger partial charge in [0.15, 0.2) is 33.6 Å². The molecular weight excluding hydrogens is 336 g/mol. The van der Waals surface area contributed by atoms with E-state index in [1.54, 1.807) is 0 Å². The Morgan fingerprint density at radius 3 is 1.65 bits per heavy atom. The van der Waals surface area contributed by atoms with E-state index in [9.17, 15) is 29.7 Å². The van der Waals surface area contributed by atoms with Crippen LogP contribution in [-0.4, -0.2) is 60.6 Å². The summed E-state index contributed by atoms with van der Waals surface area (Å²) in [7, 11) is 0. The van der Waals surface area contributed by atoms with E-state index in [1.165, 1.54) is 6.92 Å². The number of aliphatic hydroxyl groups is 3. The van der Waals surface area contributed by atoms with Gasteiger partial charge in [-0.15, -0.1) is 0 Å². The molecule has 0 radical (unpaired) electrons. The van der Waals surface area contributed by atoms with Gasteiger partial charge in [-0.2, -0.15) is 0 Å². The van der Waals surface area contributed by atoms with Crippen LogP contribution in [0.3, 0.4) is 0 Å². The lowest BCUT2D eigenvalue weighted by molar-refractivity contribution is -0.298. The van der Waals surface area contributed by atoms with Crippen LogP contribution in [0.1, 0.15) is 27.7 Å². The number of Topliss-reactive ketones (excluding diaryl/α,β-unsaturated/α-hetero) is 3. The van der Waals surface area contributed by atoms with Crippen LogP contribution in [0.2, 0.25) is 0 Å². The van der Waals surface area contributed by atoms with Crippen molar-refractivity contribution in [1.82, 2.24) is 0 Å². The highest BCUT2D eigenvalue weighted by Crippen LogP contribution is 2.47. The van der Waals surface area contributed by atoms with E-state index in [-0.39, 0.29) is 0 Å². The van der Waals surface area contributed by atoms with E-state index >= 15 is 0 Å². The Morgan fingerprint density at radius 1 is 0.950 bits per heavy atom. The van der Waals surface area contributed by atoms with E-state index < -0.39 is 45.3 Å². The number of carbonyl (C=O) groups excluding carboxylic acids is 3. The molecule has 1 heterocycles. The molecule has 7 nitrogen and oxygen atoms in total. The van der Waals surface area contributed by atoms with Gasteiger partial charge >= 0.3 is 0 Å². The normalized spacial score (nSPS) is 45.0. The molecule has 1 saturated heterocycles. The van der Waals surface area contributed by atoms with Crippen LogP contribution in [-0.2, 0) is 19.1 Å². The predicted octanol–water partition coefficient (Wildman–Crippen LogP) is -0.914. The first-order valence-electron chi connectivity index (χ1n) is 5.88. The SMILES string of the molecule is CC(=O)[C@]1(O)[C@@](O)(C(C)=O)[C@@H](C)O[C@H](Br)[C@@]1(O)C(C)=O. The molecule has 0 aromatic heterocycles. The topological polar surface area (TPSA) is 121 Å². The third kappa shape index (κ3) is 1.75. The molecule has 5 atom stereocenters. The van der Waals surface area contributed by atoms with Crippen molar-refractivity contribution in [2.75, 3.05) is 0 Å². The fraction of sp³-hybridized carbons (Fsp3) is 0.750. The fourth-order valence-electron chi connectivity index (χ4n) is 2.62. The minimum absolute atomic E-state index is 0.875. The maximum atomic E-state index is 11.9. The van der Waals surface area contributed by atoms with Crippen LogP contribution < -0.4 is 0 Å². The Bertz CT molecular complexity index is 444. The average Bonchev–Trinajstić information content (AvgIpc) is 2.32. The summed E-state index contributed by atoms with van der Waals surface area (Å²) in [6, 6.07) is 0. The van der Waals surface area contributed by atoms with Gasteiger partial charge in [0.2, 0.25) is 5.60 Å². The van der Waals surface area contributed by atoms with Gasteiger partial charge in [-0.05, 0) is 27.7 Å². The summed E-state index contributed by atoms with van der Waals surface area (Å²) < 4.78 is 5.15. The zero-order chi connectivity index (χ0) is 16.1. The molecular formula is C12H17BrO7. The average molecular weight is 353 g/mol. The number of carbonyl (C=O) groups is 3. The predicted molar refractivity (Wildman–Crippen MR) is 70.2 cm³/mol. The Labute approximate surface area is 124 Å². The van der Waals surface area contributed by atoms with Crippen molar-refractivity contribution < 1.29 is 34.4 Å². The first kappa shape index (κ1) is 17.4. The largest absolute Gasteiger partial charge is 0.376 e. The highest BCUT2D eigenvalue weighted by molar-refractivity contribution is 9.09. The number of halogens is 1. The fourth-order valence-corrected chi connectivity index (χ4v) is 3.59. The molecule has 0 unspecified atom stereocenters. The molecule has 1 aliphatic rings. The molecule has 0 spiro atoms. The summed E-state index contributed by atoms with van der Waals surface area (Å²) in [5.41, 5.74) is -8.57. The first-order valence-corrected chi connectivity index (χ1v) is 6.79. The van der Waals surface area contributed by atoms with Crippen molar-refractivity contribution in [3.63, 3.8) is 0 Å². The second-order valence-corrected chi connectivity index (χ2v) is 5.84. The summed E-state index contributed by atoms with van der Waals surface area (Å²) in [5, 5.41) is 30.2. The molecule has 0 amide bonds. The summed E-state index contributed by atoms with van der Waals surface area (Å²) in [5.74, 6) is -3.14. The standard InChI is InChI=1S/C12H17BrO7/c1-5(14)10(17)8(4)20-9(13)11(18,6(2)15)12(10,19)7(3)16/h8-9,17-19H,1-4H3/t8-,9+,10-,11+,12+/m1/s1. The highest BCUT2D eigenvalue weighted by atomic mass is 79.9. The molecule has 114 valence electrons. The van der Waals surface area contributed by atoms with Gasteiger partial charge < -0.3 is 20.1 Å². The molecule has 0 aromatic rings. The Kier molecular flexibility index (Phi) is 4.31. The van der Waals surface area contributed by atoms with E-state index in [2.05, 4.69) is 15.9 Å². The maximum Gasteiger partial charge on any atom is 0.200 e. The van der Waals surface area contributed by atoms with Crippen molar-refractivity contribution in [3.8, 4) is 0 Å². The zero-order valence-corrected chi connectivity index (χ0v) is 13.1. The molecule has 20 heavy (non-hydrogen) atoms. The van der Waals surface area contributed by atoms with E-state index in [1.807, 2.05) is 0 Å². The lowest BCUT2D eigenvalue weighted by Gasteiger charge is -2.56. The Morgan fingerprint density at radius 2 is 1.35 bits per heavy atom. The molecule has 1 rings (SSSR count). The van der Waals surface area contributed by atoms with Gasteiger partial charge in [-0.1, -0.05) is 15.9 Å². The van der Waals surface area contributed by atoms with Crippen molar-refractivity contribution in [2.24, 2.45) is 0 Å². The summed E-state index contributed by atoms with van der Waals surface area (Å²) in [6.07, 6.45) is -1.32. The van der Waals surface area contributed by atoms with Crippen molar-refractivity contribution >= 4 is 33.3 Å². The van der Waals surface area contributed by atoms with Gasteiger partial charge in [0, 0.05) is 0 Å². The third-order valence-electron chi connectivity index (χ3n) is 3.93. The van der Waals surface area contributed by atoms with E-state index in [4.69, 9.17) is 4.74 Å². The molecule has 0 aliphatic carbocycles. The minimum Gasteiger partial charge on any atom is -0.376 e. The molecule has 0 saturated carbocycles. The summed E-state index contributed by atoms with van der Waals surface area (Å²) in [4.78, 5) is 35.5. The number of hydrogen-bond donors (Lipinski definition) is 3. The summed E-state index contributed by atoms with van der Waals surface area (Å²) in [6.45, 7) is 3.98. The first-order chi connectivity index (χ1) is 8.88. The van der Waals surface area contributed by atoms with Crippen LogP contribution in [0.4, 0.5) is 0 Å². The highest BCUT2D eigenvalue weighted by Gasteiger charge is 2.76. The molecule has 0 bridgehead atoms. The molecule has 3 N–H and O–H groups in total. The van der Waals surface area contributed by atoms with Crippen LogP contribution in [0, 0.1) is 0 Å². The molecule has 0 aromatic carbocycles. The maximum absolute atomic E-state index is 11.9. The smallest absolute Gasteiger partial charge is 0.200 e.